The average molecular weight is 245 g/mol. The van der Waals surface area contributed by atoms with Gasteiger partial charge in [-0.25, -0.2) is 0 Å². The SMILES string of the molecule is CCCNC(CCOCCOC)C(C)CCC. The maximum absolute atomic E-state index is 5.55. The largest absolute Gasteiger partial charge is 0.382 e. The molecule has 3 nitrogen and oxygen atoms in total. The molecule has 0 aromatic rings. The topological polar surface area (TPSA) is 30.5 Å². The summed E-state index contributed by atoms with van der Waals surface area (Å²) in [4.78, 5) is 0. The lowest BCUT2D eigenvalue weighted by Crippen LogP contribution is -2.36. The van der Waals surface area contributed by atoms with Crippen LogP contribution in [-0.4, -0.2) is 39.5 Å². The molecule has 3 heteroatoms. The maximum atomic E-state index is 5.55. The second-order valence-corrected chi connectivity index (χ2v) is 4.72. The normalized spacial score (nSPS) is 14.8. The van der Waals surface area contributed by atoms with Crippen molar-refractivity contribution in [2.24, 2.45) is 5.92 Å². The molecule has 0 aliphatic heterocycles. The average Bonchev–Trinajstić information content (AvgIpc) is 2.33. The van der Waals surface area contributed by atoms with E-state index in [1.165, 1.54) is 19.3 Å². The zero-order valence-electron chi connectivity index (χ0n) is 12.1. The Morgan fingerprint density at radius 3 is 2.35 bits per heavy atom. The van der Waals surface area contributed by atoms with Gasteiger partial charge in [0.25, 0.3) is 0 Å². The van der Waals surface area contributed by atoms with E-state index < -0.39 is 0 Å². The Hall–Kier alpha value is -0.120. The molecule has 0 radical (unpaired) electrons. The van der Waals surface area contributed by atoms with Crippen molar-refractivity contribution in [3.05, 3.63) is 0 Å². The van der Waals surface area contributed by atoms with Crippen molar-refractivity contribution in [1.29, 1.82) is 0 Å². The maximum Gasteiger partial charge on any atom is 0.0700 e. The van der Waals surface area contributed by atoms with E-state index in [2.05, 4.69) is 26.1 Å². The summed E-state index contributed by atoms with van der Waals surface area (Å²) in [6.07, 6.45) is 4.85. The fourth-order valence-electron chi connectivity index (χ4n) is 2.03. The van der Waals surface area contributed by atoms with Gasteiger partial charge in [0.05, 0.1) is 13.2 Å². The molecule has 0 bridgehead atoms. The van der Waals surface area contributed by atoms with Crippen LogP contribution >= 0.6 is 0 Å². The van der Waals surface area contributed by atoms with Gasteiger partial charge in [-0.15, -0.1) is 0 Å². The quantitative estimate of drug-likeness (QED) is 0.536. The van der Waals surface area contributed by atoms with Gasteiger partial charge in [-0.1, -0.05) is 27.2 Å². The summed E-state index contributed by atoms with van der Waals surface area (Å²) in [5.74, 6) is 0.734. The van der Waals surface area contributed by atoms with Crippen molar-refractivity contribution in [3.8, 4) is 0 Å². The summed E-state index contributed by atoms with van der Waals surface area (Å²) in [7, 11) is 1.71. The van der Waals surface area contributed by atoms with Crippen molar-refractivity contribution in [3.63, 3.8) is 0 Å². The van der Waals surface area contributed by atoms with E-state index in [9.17, 15) is 0 Å². The molecule has 0 fully saturated rings. The third-order valence-corrected chi connectivity index (χ3v) is 3.09. The molecule has 1 N–H and O–H groups in total. The highest BCUT2D eigenvalue weighted by Gasteiger charge is 2.15. The number of ether oxygens (including phenoxy) is 2. The van der Waals surface area contributed by atoms with Crippen LogP contribution in [0.25, 0.3) is 0 Å². The minimum atomic E-state index is 0.595. The van der Waals surface area contributed by atoms with Crippen molar-refractivity contribution in [2.75, 3.05) is 33.5 Å². The molecule has 0 aliphatic rings. The van der Waals surface area contributed by atoms with E-state index in [0.29, 0.717) is 19.3 Å². The lowest BCUT2D eigenvalue weighted by molar-refractivity contribution is 0.0630. The van der Waals surface area contributed by atoms with Crippen LogP contribution in [0, 0.1) is 5.92 Å². The van der Waals surface area contributed by atoms with Gasteiger partial charge in [0.15, 0.2) is 0 Å². The summed E-state index contributed by atoms with van der Waals surface area (Å²) >= 11 is 0. The third-order valence-electron chi connectivity index (χ3n) is 3.09. The number of nitrogens with one attached hydrogen (secondary N) is 1. The molecule has 0 rings (SSSR count). The third kappa shape index (κ3) is 9.57. The van der Waals surface area contributed by atoms with Gasteiger partial charge in [-0.05, 0) is 31.7 Å². The van der Waals surface area contributed by atoms with Crippen molar-refractivity contribution >= 4 is 0 Å². The molecule has 0 aromatic carbocycles. The van der Waals surface area contributed by atoms with E-state index in [-0.39, 0.29) is 0 Å². The smallest absolute Gasteiger partial charge is 0.0700 e. The molecule has 0 aliphatic carbocycles. The van der Waals surface area contributed by atoms with Gasteiger partial charge in [0.2, 0.25) is 0 Å². The fraction of sp³-hybridized carbons (Fsp3) is 1.00. The molecule has 104 valence electrons. The van der Waals surface area contributed by atoms with E-state index >= 15 is 0 Å². The molecule has 2 unspecified atom stereocenters. The number of hydrogen-bond acceptors (Lipinski definition) is 3. The Bertz CT molecular complexity index is 153. The number of hydrogen-bond donors (Lipinski definition) is 1. The highest BCUT2D eigenvalue weighted by atomic mass is 16.5. The molecule has 0 aromatic heterocycles. The van der Waals surface area contributed by atoms with Crippen molar-refractivity contribution < 1.29 is 9.47 Å². The second-order valence-electron chi connectivity index (χ2n) is 4.72. The summed E-state index contributed by atoms with van der Waals surface area (Å²) in [6, 6.07) is 0.595. The highest BCUT2D eigenvalue weighted by molar-refractivity contribution is 4.73. The Balaban J connectivity index is 3.75. The number of methoxy groups -OCH3 is 1. The Kier molecular flexibility index (Phi) is 12.3. The van der Waals surface area contributed by atoms with E-state index in [1.807, 2.05) is 0 Å². The predicted octanol–water partition coefficient (Wildman–Crippen LogP) is 2.84. The Labute approximate surface area is 107 Å². The van der Waals surface area contributed by atoms with Gasteiger partial charge in [0.1, 0.15) is 0 Å². The molecular weight excluding hydrogens is 214 g/mol. The van der Waals surface area contributed by atoms with Crippen LogP contribution in [0.2, 0.25) is 0 Å². The van der Waals surface area contributed by atoms with Crippen LogP contribution in [-0.2, 0) is 9.47 Å². The first-order valence-corrected chi connectivity index (χ1v) is 7.06. The molecule has 0 spiro atoms. The van der Waals surface area contributed by atoms with Crippen LogP contribution in [0.4, 0.5) is 0 Å². The number of rotatable bonds is 12. The van der Waals surface area contributed by atoms with Crippen LogP contribution in [0.1, 0.15) is 46.5 Å². The van der Waals surface area contributed by atoms with Gasteiger partial charge in [-0.2, -0.15) is 0 Å². The minimum Gasteiger partial charge on any atom is -0.382 e. The standard InChI is InChI=1S/C14H31NO2/c1-5-7-13(3)14(15-9-6-2)8-10-17-12-11-16-4/h13-15H,5-12H2,1-4H3. The summed E-state index contributed by atoms with van der Waals surface area (Å²) in [6.45, 7) is 10.1. The zero-order chi connectivity index (χ0) is 12.9. The minimum absolute atomic E-state index is 0.595. The molecule has 2 atom stereocenters. The van der Waals surface area contributed by atoms with Gasteiger partial charge in [0, 0.05) is 19.8 Å². The summed E-state index contributed by atoms with van der Waals surface area (Å²) in [5, 5.41) is 3.63. The van der Waals surface area contributed by atoms with E-state index in [4.69, 9.17) is 9.47 Å². The van der Waals surface area contributed by atoms with Crippen LogP contribution < -0.4 is 5.32 Å². The molecule has 0 heterocycles. The highest BCUT2D eigenvalue weighted by Crippen LogP contribution is 2.13. The Morgan fingerprint density at radius 2 is 1.76 bits per heavy atom. The van der Waals surface area contributed by atoms with Gasteiger partial charge in [-0.3, -0.25) is 0 Å². The molecular formula is C14H31NO2. The Morgan fingerprint density at radius 1 is 1.00 bits per heavy atom. The van der Waals surface area contributed by atoms with Crippen molar-refractivity contribution in [1.82, 2.24) is 5.32 Å². The lowest BCUT2D eigenvalue weighted by atomic mass is 9.94. The van der Waals surface area contributed by atoms with E-state index in [1.54, 1.807) is 7.11 Å². The summed E-state index contributed by atoms with van der Waals surface area (Å²) < 4.78 is 10.5. The van der Waals surface area contributed by atoms with Gasteiger partial charge < -0.3 is 14.8 Å². The van der Waals surface area contributed by atoms with Crippen LogP contribution in [0.3, 0.4) is 0 Å². The summed E-state index contributed by atoms with van der Waals surface area (Å²) in [5.41, 5.74) is 0. The zero-order valence-corrected chi connectivity index (χ0v) is 12.1. The van der Waals surface area contributed by atoms with Crippen LogP contribution in [0.15, 0.2) is 0 Å². The fourth-order valence-corrected chi connectivity index (χ4v) is 2.03. The first-order valence-electron chi connectivity index (χ1n) is 7.06. The van der Waals surface area contributed by atoms with Crippen LogP contribution in [0.5, 0.6) is 0 Å². The molecule has 17 heavy (non-hydrogen) atoms. The first-order chi connectivity index (χ1) is 8.26. The van der Waals surface area contributed by atoms with Crippen molar-refractivity contribution in [2.45, 2.75) is 52.5 Å². The van der Waals surface area contributed by atoms with E-state index in [0.717, 1.165) is 25.5 Å². The lowest BCUT2D eigenvalue weighted by Gasteiger charge is -2.25. The molecule has 0 saturated heterocycles. The molecule has 0 amide bonds. The second kappa shape index (κ2) is 12.3. The molecule has 0 saturated carbocycles. The van der Waals surface area contributed by atoms with Gasteiger partial charge >= 0.3 is 0 Å². The monoisotopic (exact) mass is 245 g/mol. The predicted molar refractivity (Wildman–Crippen MR) is 73.5 cm³/mol. The first kappa shape index (κ1) is 16.9.